The third-order valence-corrected chi connectivity index (χ3v) is 4.68. The van der Waals surface area contributed by atoms with E-state index in [4.69, 9.17) is 9.47 Å². The molecule has 2 aliphatic rings. The molecule has 4 rings (SSSR count). The van der Waals surface area contributed by atoms with Gasteiger partial charge in [-0.3, -0.25) is 4.79 Å². The van der Waals surface area contributed by atoms with Gasteiger partial charge in [-0.15, -0.1) is 0 Å². The molecule has 4 heteroatoms. The zero-order valence-corrected chi connectivity index (χ0v) is 13.1. The summed E-state index contributed by atoms with van der Waals surface area (Å²) in [5.41, 5.74) is 3.55. The molecule has 2 aromatic rings. The maximum Gasteiger partial charge on any atom is 0.230 e. The van der Waals surface area contributed by atoms with Crippen molar-refractivity contribution in [2.75, 3.05) is 13.7 Å². The predicted molar refractivity (Wildman–Crippen MR) is 86.4 cm³/mol. The van der Waals surface area contributed by atoms with E-state index in [-0.39, 0.29) is 11.8 Å². The van der Waals surface area contributed by atoms with Crippen LogP contribution in [0.2, 0.25) is 0 Å². The molecule has 2 aromatic carbocycles. The fraction of sp³-hybridized carbons (Fsp3) is 0.316. The molecule has 1 atom stereocenters. The van der Waals surface area contributed by atoms with Gasteiger partial charge >= 0.3 is 0 Å². The second-order valence-electron chi connectivity index (χ2n) is 6.12. The lowest BCUT2D eigenvalue weighted by molar-refractivity contribution is -0.137. The molecule has 0 saturated heterocycles. The first-order valence-electron chi connectivity index (χ1n) is 7.90. The van der Waals surface area contributed by atoms with Crippen LogP contribution in [-0.2, 0) is 24.3 Å². The van der Waals surface area contributed by atoms with Gasteiger partial charge in [0.05, 0.1) is 13.0 Å². The Balaban J connectivity index is 1.51. The number of para-hydroxylation sites is 1. The van der Waals surface area contributed by atoms with Crippen LogP contribution >= 0.6 is 0 Å². The minimum atomic E-state index is -0.121. The number of nitrogens with zero attached hydrogens (tertiary/aromatic N) is 1. The van der Waals surface area contributed by atoms with Crippen LogP contribution in [0, 0.1) is 5.92 Å². The number of carbonyl (C=O) groups is 1. The molecule has 0 aromatic heterocycles. The van der Waals surface area contributed by atoms with E-state index in [9.17, 15) is 4.79 Å². The minimum Gasteiger partial charge on any atom is -0.493 e. The zero-order chi connectivity index (χ0) is 15.8. The smallest absolute Gasteiger partial charge is 0.230 e. The Hall–Kier alpha value is -2.49. The molecule has 1 amide bonds. The zero-order valence-electron chi connectivity index (χ0n) is 13.1. The van der Waals surface area contributed by atoms with Gasteiger partial charge in [0.25, 0.3) is 0 Å². The average Bonchev–Trinajstić information content (AvgIpc) is 3.04. The summed E-state index contributed by atoms with van der Waals surface area (Å²) < 4.78 is 11.2. The molecular weight excluding hydrogens is 290 g/mol. The van der Waals surface area contributed by atoms with Gasteiger partial charge in [0.15, 0.2) is 11.5 Å². The fourth-order valence-electron chi connectivity index (χ4n) is 3.46. The van der Waals surface area contributed by atoms with Crippen LogP contribution in [0.4, 0.5) is 0 Å². The number of ether oxygens (including phenoxy) is 2. The molecule has 0 unspecified atom stereocenters. The van der Waals surface area contributed by atoms with Crippen molar-refractivity contribution in [2.24, 2.45) is 5.92 Å². The van der Waals surface area contributed by atoms with Crippen molar-refractivity contribution in [1.82, 2.24) is 4.90 Å². The third-order valence-electron chi connectivity index (χ3n) is 4.68. The SMILES string of the molecule is COc1cccc2c1OC[C@H](C(=O)N1Cc3ccccc3C1)C2. The number of hydrogen-bond acceptors (Lipinski definition) is 3. The van der Waals surface area contributed by atoms with Crippen molar-refractivity contribution in [3.63, 3.8) is 0 Å². The van der Waals surface area contributed by atoms with Gasteiger partial charge in [0, 0.05) is 13.1 Å². The van der Waals surface area contributed by atoms with E-state index in [1.165, 1.54) is 11.1 Å². The highest BCUT2D eigenvalue weighted by molar-refractivity contribution is 5.80. The van der Waals surface area contributed by atoms with E-state index < -0.39 is 0 Å². The van der Waals surface area contributed by atoms with Gasteiger partial charge in [0.2, 0.25) is 5.91 Å². The van der Waals surface area contributed by atoms with E-state index in [1.54, 1.807) is 7.11 Å². The van der Waals surface area contributed by atoms with E-state index in [1.807, 2.05) is 35.2 Å². The summed E-state index contributed by atoms with van der Waals surface area (Å²) in [5, 5.41) is 0. The molecule has 0 saturated carbocycles. The number of rotatable bonds is 2. The summed E-state index contributed by atoms with van der Waals surface area (Å²) >= 11 is 0. The van der Waals surface area contributed by atoms with Gasteiger partial charge in [0.1, 0.15) is 6.61 Å². The van der Waals surface area contributed by atoms with Gasteiger partial charge in [-0.2, -0.15) is 0 Å². The summed E-state index contributed by atoms with van der Waals surface area (Å²) in [6.45, 7) is 1.83. The molecule has 118 valence electrons. The van der Waals surface area contributed by atoms with Crippen LogP contribution in [0.5, 0.6) is 11.5 Å². The summed E-state index contributed by atoms with van der Waals surface area (Å²) in [5.74, 6) is 1.57. The Kier molecular flexibility index (Phi) is 3.45. The highest BCUT2D eigenvalue weighted by atomic mass is 16.5. The van der Waals surface area contributed by atoms with Crippen LogP contribution in [0.15, 0.2) is 42.5 Å². The predicted octanol–water partition coefficient (Wildman–Crippen LogP) is 2.79. The van der Waals surface area contributed by atoms with E-state index in [0.29, 0.717) is 26.1 Å². The Bertz CT molecular complexity index is 731. The maximum atomic E-state index is 12.8. The molecule has 2 aliphatic heterocycles. The fourth-order valence-corrected chi connectivity index (χ4v) is 3.46. The number of methoxy groups -OCH3 is 1. The van der Waals surface area contributed by atoms with Crippen LogP contribution in [0.1, 0.15) is 16.7 Å². The number of benzene rings is 2. The van der Waals surface area contributed by atoms with Gasteiger partial charge in [-0.25, -0.2) is 0 Å². The minimum absolute atomic E-state index is 0.121. The van der Waals surface area contributed by atoms with Crippen LogP contribution in [0.3, 0.4) is 0 Å². The number of carbonyl (C=O) groups excluding carboxylic acids is 1. The van der Waals surface area contributed by atoms with Gasteiger partial charge < -0.3 is 14.4 Å². The second kappa shape index (κ2) is 5.61. The summed E-state index contributed by atoms with van der Waals surface area (Å²) in [7, 11) is 1.64. The first-order chi connectivity index (χ1) is 11.3. The van der Waals surface area contributed by atoms with E-state index >= 15 is 0 Å². The first-order valence-corrected chi connectivity index (χ1v) is 7.90. The van der Waals surface area contributed by atoms with Crippen molar-refractivity contribution in [2.45, 2.75) is 19.5 Å². The Morgan fingerprint density at radius 2 is 1.78 bits per heavy atom. The van der Waals surface area contributed by atoms with Gasteiger partial charge in [-0.1, -0.05) is 36.4 Å². The second-order valence-corrected chi connectivity index (χ2v) is 6.12. The Labute approximate surface area is 135 Å². The monoisotopic (exact) mass is 309 g/mol. The van der Waals surface area contributed by atoms with E-state index in [2.05, 4.69) is 12.1 Å². The van der Waals surface area contributed by atoms with Crippen molar-refractivity contribution in [3.8, 4) is 11.5 Å². The quantitative estimate of drug-likeness (QED) is 0.856. The van der Waals surface area contributed by atoms with Crippen molar-refractivity contribution < 1.29 is 14.3 Å². The number of amides is 1. The largest absolute Gasteiger partial charge is 0.493 e. The Morgan fingerprint density at radius 3 is 2.48 bits per heavy atom. The molecule has 0 spiro atoms. The summed E-state index contributed by atoms with van der Waals surface area (Å²) in [4.78, 5) is 14.8. The van der Waals surface area contributed by atoms with Crippen LogP contribution in [-0.4, -0.2) is 24.5 Å². The normalized spacial score (nSPS) is 18.8. The molecule has 2 heterocycles. The third kappa shape index (κ3) is 2.44. The molecule has 0 aliphatic carbocycles. The van der Waals surface area contributed by atoms with Crippen molar-refractivity contribution in [3.05, 3.63) is 59.2 Å². The lowest BCUT2D eigenvalue weighted by atomic mass is 9.95. The van der Waals surface area contributed by atoms with Crippen molar-refractivity contribution >= 4 is 5.91 Å². The molecule has 0 N–H and O–H groups in total. The topological polar surface area (TPSA) is 38.8 Å². The average molecular weight is 309 g/mol. The highest BCUT2D eigenvalue weighted by Gasteiger charge is 2.33. The molecule has 0 radical (unpaired) electrons. The molecule has 4 nitrogen and oxygen atoms in total. The summed E-state index contributed by atoms with van der Waals surface area (Å²) in [6.07, 6.45) is 0.707. The number of fused-ring (bicyclic) bond motifs is 2. The molecule has 0 bridgehead atoms. The lowest BCUT2D eigenvalue weighted by Gasteiger charge is -2.28. The number of hydrogen-bond donors (Lipinski definition) is 0. The lowest BCUT2D eigenvalue weighted by Crippen LogP contribution is -2.38. The summed E-state index contributed by atoms with van der Waals surface area (Å²) in [6, 6.07) is 14.1. The maximum absolute atomic E-state index is 12.8. The molecule has 23 heavy (non-hydrogen) atoms. The first kappa shape index (κ1) is 14.1. The molecule has 0 fully saturated rings. The Morgan fingerprint density at radius 1 is 1.09 bits per heavy atom. The van der Waals surface area contributed by atoms with Crippen LogP contribution < -0.4 is 9.47 Å². The standard InChI is InChI=1S/C19H19NO3/c1-22-17-8-4-7-13-9-16(12-23-18(13)17)19(21)20-10-14-5-2-3-6-15(14)11-20/h2-8,16H,9-12H2,1H3/t16-/m1/s1. The van der Waals surface area contributed by atoms with Crippen LogP contribution in [0.25, 0.3) is 0 Å². The highest BCUT2D eigenvalue weighted by Crippen LogP contribution is 2.37. The van der Waals surface area contributed by atoms with E-state index in [0.717, 1.165) is 17.1 Å². The molecular formula is C19H19NO3. The van der Waals surface area contributed by atoms with Gasteiger partial charge in [-0.05, 0) is 29.2 Å². The van der Waals surface area contributed by atoms with Crippen molar-refractivity contribution in [1.29, 1.82) is 0 Å².